The topological polar surface area (TPSA) is 170 Å². The zero-order chi connectivity index (χ0) is 31.2. The lowest BCUT2D eigenvalue weighted by atomic mass is 10.0. The third-order valence-corrected chi connectivity index (χ3v) is 7.56. The summed E-state index contributed by atoms with van der Waals surface area (Å²) in [6.45, 7) is 1.85. The van der Waals surface area contributed by atoms with Gasteiger partial charge in [-0.2, -0.15) is 9.78 Å². The fourth-order valence-corrected chi connectivity index (χ4v) is 5.17. The summed E-state index contributed by atoms with van der Waals surface area (Å²) in [4.78, 5) is 42.0. The van der Waals surface area contributed by atoms with Gasteiger partial charge < -0.3 is 10.1 Å². The minimum Gasteiger partial charge on any atom is -0.453 e. The summed E-state index contributed by atoms with van der Waals surface area (Å²) in [6, 6.07) is 10.3. The lowest BCUT2D eigenvalue weighted by Gasteiger charge is -2.17. The van der Waals surface area contributed by atoms with Crippen LogP contribution in [-0.4, -0.2) is 54.5 Å². The highest BCUT2D eigenvalue weighted by molar-refractivity contribution is 7.09. The Bertz CT molecular complexity index is 1890. The second-order valence-electron chi connectivity index (χ2n) is 9.26. The number of hydrogen-bond acceptors (Lipinski definition) is 10. The zero-order valence-electron chi connectivity index (χ0n) is 23.1. The molecule has 0 bridgehead atoms. The first-order valence-electron chi connectivity index (χ1n) is 12.9. The van der Waals surface area contributed by atoms with Crippen LogP contribution in [0.5, 0.6) is 0 Å². The van der Waals surface area contributed by atoms with Crippen LogP contribution in [0, 0.1) is 12.7 Å². The Hall–Kier alpha value is -5.28. The van der Waals surface area contributed by atoms with E-state index in [-0.39, 0.29) is 28.3 Å². The Morgan fingerprint density at radius 3 is 2.70 bits per heavy atom. The second-order valence-corrected chi connectivity index (χ2v) is 10.6. The molecule has 3 aromatic heterocycles. The maximum atomic E-state index is 15.0. The van der Waals surface area contributed by atoms with Crippen LogP contribution in [-0.2, 0) is 16.0 Å². The van der Waals surface area contributed by atoms with Gasteiger partial charge in [-0.05, 0) is 59.3 Å². The molecule has 16 heteroatoms. The van der Waals surface area contributed by atoms with E-state index in [2.05, 4.69) is 46.1 Å². The Balaban J connectivity index is 1.44. The maximum absolute atomic E-state index is 15.0. The molecule has 13 nitrogen and oxygen atoms in total. The number of H-pyrrole nitrogens is 1. The van der Waals surface area contributed by atoms with Crippen molar-refractivity contribution in [3.8, 4) is 16.8 Å². The van der Waals surface area contributed by atoms with E-state index >= 15 is 0 Å². The first-order chi connectivity index (χ1) is 21.2. The van der Waals surface area contributed by atoms with Crippen LogP contribution < -0.4 is 16.2 Å². The van der Waals surface area contributed by atoms with Crippen molar-refractivity contribution in [1.29, 1.82) is 0 Å². The SMILES string of the molecule is COC(=O)Nc1ccc(-c2cc([C@H](Cc3nc(C)cs3)NC(=O)C=Cc3c(-n4cnnn4)ccc(Cl)c3F)n[nH]c2=O)cc1. The molecule has 5 aromatic rings. The Kier molecular flexibility index (Phi) is 9.16. The number of methoxy groups -OCH3 is 1. The number of nitrogens with one attached hydrogen (secondary N) is 3. The van der Waals surface area contributed by atoms with Crippen LogP contribution in [0.1, 0.15) is 28.0 Å². The molecule has 1 atom stereocenters. The van der Waals surface area contributed by atoms with E-state index in [1.54, 1.807) is 30.3 Å². The molecule has 44 heavy (non-hydrogen) atoms. The van der Waals surface area contributed by atoms with Crippen LogP contribution >= 0.6 is 22.9 Å². The number of halogens is 2. The summed E-state index contributed by atoms with van der Waals surface area (Å²) in [6.07, 6.45) is 3.35. The molecule has 3 N–H and O–H groups in total. The van der Waals surface area contributed by atoms with Gasteiger partial charge in [-0.3, -0.25) is 14.9 Å². The normalized spacial score (nSPS) is 11.8. The quantitative estimate of drug-likeness (QED) is 0.200. The molecular weight excluding hydrogens is 613 g/mol. The maximum Gasteiger partial charge on any atom is 0.411 e. The number of rotatable bonds is 9. The standard InChI is InChI=1S/C28H23ClFN9O4S/c1-15-13-44-25(32-15)12-21(22-11-19(27(41)36-35-22)16-3-5-17(6-4-16)33-28(42)43-2)34-24(40)10-7-18-23(39-14-31-37-38-39)9-8-20(29)26(18)30/h3-11,13-14,21H,12H2,1-2H3,(H,33,42)(H,34,40)(H,36,41)/t21-/m0/s1. The van der Waals surface area contributed by atoms with Crippen molar-refractivity contribution in [2.45, 2.75) is 19.4 Å². The van der Waals surface area contributed by atoms with Crippen LogP contribution in [0.15, 0.2) is 65.0 Å². The molecule has 0 spiro atoms. The van der Waals surface area contributed by atoms with Gasteiger partial charge in [0, 0.05) is 34.8 Å². The number of tetrazole rings is 1. The molecule has 0 aliphatic carbocycles. The number of aromatic amines is 1. The lowest BCUT2D eigenvalue weighted by molar-refractivity contribution is -0.117. The molecule has 2 amide bonds. The van der Waals surface area contributed by atoms with E-state index in [9.17, 15) is 18.8 Å². The number of nitrogens with zero attached hydrogens (tertiary/aromatic N) is 6. The van der Waals surface area contributed by atoms with Gasteiger partial charge in [-0.15, -0.1) is 16.4 Å². The van der Waals surface area contributed by atoms with Crippen molar-refractivity contribution in [3.63, 3.8) is 0 Å². The molecule has 5 rings (SSSR count). The predicted octanol–water partition coefficient (Wildman–Crippen LogP) is 4.26. The number of thiazole rings is 1. The highest BCUT2D eigenvalue weighted by atomic mass is 35.5. The molecule has 3 heterocycles. The average molecular weight is 636 g/mol. The summed E-state index contributed by atoms with van der Waals surface area (Å²) in [5.74, 6) is -1.32. The number of anilines is 1. The van der Waals surface area contributed by atoms with Gasteiger partial charge in [0.15, 0.2) is 5.82 Å². The number of benzene rings is 2. The molecule has 0 aliphatic heterocycles. The number of hydrogen-bond donors (Lipinski definition) is 3. The molecule has 2 aromatic carbocycles. The van der Waals surface area contributed by atoms with E-state index in [0.29, 0.717) is 16.9 Å². The smallest absolute Gasteiger partial charge is 0.411 e. The van der Waals surface area contributed by atoms with Gasteiger partial charge in [-0.25, -0.2) is 19.3 Å². The molecule has 0 fully saturated rings. The van der Waals surface area contributed by atoms with Crippen molar-refractivity contribution < 1.29 is 18.7 Å². The van der Waals surface area contributed by atoms with Crippen molar-refractivity contribution >= 4 is 46.7 Å². The van der Waals surface area contributed by atoms with E-state index in [1.807, 2.05) is 12.3 Å². The van der Waals surface area contributed by atoms with Crippen molar-refractivity contribution in [2.75, 3.05) is 12.4 Å². The summed E-state index contributed by atoms with van der Waals surface area (Å²) >= 11 is 7.41. The van der Waals surface area contributed by atoms with Crippen molar-refractivity contribution in [2.24, 2.45) is 0 Å². The zero-order valence-corrected chi connectivity index (χ0v) is 24.7. The first-order valence-corrected chi connectivity index (χ1v) is 14.1. The van der Waals surface area contributed by atoms with Gasteiger partial charge in [0.1, 0.15) is 6.33 Å². The van der Waals surface area contributed by atoms with Crippen LogP contribution in [0.25, 0.3) is 22.9 Å². The highest BCUT2D eigenvalue weighted by Crippen LogP contribution is 2.26. The van der Waals surface area contributed by atoms with Gasteiger partial charge in [0.2, 0.25) is 5.91 Å². The van der Waals surface area contributed by atoms with Crippen LogP contribution in [0.2, 0.25) is 5.02 Å². The third-order valence-electron chi connectivity index (χ3n) is 6.28. The highest BCUT2D eigenvalue weighted by Gasteiger charge is 2.21. The van der Waals surface area contributed by atoms with E-state index in [0.717, 1.165) is 16.8 Å². The van der Waals surface area contributed by atoms with Crippen LogP contribution in [0.4, 0.5) is 14.9 Å². The van der Waals surface area contributed by atoms with Gasteiger partial charge in [0.25, 0.3) is 5.56 Å². The predicted molar refractivity (Wildman–Crippen MR) is 161 cm³/mol. The number of ether oxygens (including phenoxy) is 1. The Labute approximate surface area is 257 Å². The number of aromatic nitrogens is 7. The fourth-order valence-electron chi connectivity index (χ4n) is 4.18. The summed E-state index contributed by atoms with van der Waals surface area (Å²) < 4.78 is 20.8. The average Bonchev–Trinajstić information content (AvgIpc) is 3.70. The number of amides is 2. The number of aryl methyl sites for hydroxylation is 1. The number of carbonyl (C=O) groups excluding carboxylic acids is 2. The Morgan fingerprint density at radius 2 is 2.02 bits per heavy atom. The van der Waals surface area contributed by atoms with E-state index in [4.69, 9.17) is 11.6 Å². The molecule has 224 valence electrons. The first kappa shape index (κ1) is 30.2. The minimum absolute atomic E-state index is 0.00152. The van der Waals surface area contributed by atoms with Gasteiger partial charge in [0.05, 0.1) is 40.1 Å². The van der Waals surface area contributed by atoms with Gasteiger partial charge in [-0.1, -0.05) is 23.7 Å². The Morgan fingerprint density at radius 1 is 1.23 bits per heavy atom. The molecule has 0 saturated carbocycles. The lowest BCUT2D eigenvalue weighted by Crippen LogP contribution is -2.30. The molecule has 0 saturated heterocycles. The fraction of sp³-hybridized carbons (Fsp3) is 0.143. The van der Waals surface area contributed by atoms with E-state index in [1.165, 1.54) is 47.7 Å². The van der Waals surface area contributed by atoms with Crippen molar-refractivity contribution in [1.82, 2.24) is 40.7 Å². The minimum atomic E-state index is -0.752. The van der Waals surface area contributed by atoms with E-state index < -0.39 is 29.4 Å². The summed E-state index contributed by atoms with van der Waals surface area (Å²) in [5.41, 5.74) is 2.30. The number of carbonyl (C=O) groups is 2. The second kappa shape index (κ2) is 13.4. The summed E-state index contributed by atoms with van der Waals surface area (Å²) in [7, 11) is 1.25. The van der Waals surface area contributed by atoms with Crippen LogP contribution in [0.3, 0.4) is 0 Å². The monoisotopic (exact) mass is 635 g/mol. The third kappa shape index (κ3) is 7.02. The molecular formula is C28H23ClFN9O4S. The largest absolute Gasteiger partial charge is 0.453 e. The molecule has 0 aliphatic rings. The molecule has 0 radical (unpaired) electrons. The molecule has 0 unspecified atom stereocenters. The van der Waals surface area contributed by atoms with Crippen molar-refractivity contribution in [3.05, 3.63) is 103 Å². The summed E-state index contributed by atoms with van der Waals surface area (Å²) in [5, 5.41) is 25.5. The van der Waals surface area contributed by atoms with Gasteiger partial charge >= 0.3 is 6.09 Å².